The molecule has 2 aliphatic heterocycles. The summed E-state index contributed by atoms with van der Waals surface area (Å²) in [5.74, 6) is 0.433. The molecule has 3 rings (SSSR count). The quantitative estimate of drug-likeness (QED) is 0.858. The number of likely N-dealkylation sites (tertiary alicyclic amines) is 1. The van der Waals surface area contributed by atoms with E-state index in [1.54, 1.807) is 4.90 Å². The van der Waals surface area contributed by atoms with Gasteiger partial charge in [-0.25, -0.2) is 4.79 Å². The van der Waals surface area contributed by atoms with Gasteiger partial charge in [-0.1, -0.05) is 18.2 Å². The number of piperidine rings is 1. The van der Waals surface area contributed by atoms with Crippen LogP contribution in [0.1, 0.15) is 39.2 Å². The van der Waals surface area contributed by atoms with Crippen molar-refractivity contribution < 1.29 is 14.3 Å². The van der Waals surface area contributed by atoms with Gasteiger partial charge in [0, 0.05) is 24.7 Å². The van der Waals surface area contributed by atoms with Crippen LogP contribution in [-0.4, -0.2) is 35.6 Å². The summed E-state index contributed by atoms with van der Waals surface area (Å²) in [7, 11) is 0. The molecule has 0 saturated carbocycles. The van der Waals surface area contributed by atoms with Crippen molar-refractivity contribution in [2.75, 3.05) is 18.4 Å². The Labute approximate surface area is 143 Å². The lowest BCUT2D eigenvalue weighted by Crippen LogP contribution is -2.45. The summed E-state index contributed by atoms with van der Waals surface area (Å²) >= 11 is 0. The Bertz CT molecular complexity index is 628. The highest BCUT2D eigenvalue weighted by atomic mass is 16.6. The second kappa shape index (κ2) is 6.46. The second-order valence-corrected chi connectivity index (χ2v) is 7.76. The van der Waals surface area contributed by atoms with Crippen LogP contribution in [0.3, 0.4) is 0 Å². The summed E-state index contributed by atoms with van der Waals surface area (Å²) in [4.78, 5) is 26.4. The normalized spacial score (nSPS) is 21.9. The van der Waals surface area contributed by atoms with Crippen molar-refractivity contribution in [3.05, 3.63) is 29.8 Å². The van der Waals surface area contributed by atoms with Gasteiger partial charge >= 0.3 is 6.09 Å². The first-order valence-electron chi connectivity index (χ1n) is 8.70. The summed E-state index contributed by atoms with van der Waals surface area (Å²) in [5.41, 5.74) is 1.67. The highest BCUT2D eigenvalue weighted by Crippen LogP contribution is 2.34. The molecule has 1 N–H and O–H groups in total. The summed E-state index contributed by atoms with van der Waals surface area (Å²) in [6.07, 6.45) is 2.23. The lowest BCUT2D eigenvalue weighted by atomic mass is 9.78. The van der Waals surface area contributed by atoms with Crippen LogP contribution in [0.4, 0.5) is 10.5 Å². The van der Waals surface area contributed by atoms with Gasteiger partial charge in [-0.05, 0) is 57.6 Å². The zero-order chi connectivity index (χ0) is 17.3. The Morgan fingerprint density at radius 3 is 2.54 bits per heavy atom. The fourth-order valence-corrected chi connectivity index (χ4v) is 3.57. The number of para-hydroxylation sites is 1. The van der Waals surface area contributed by atoms with Crippen molar-refractivity contribution in [3.63, 3.8) is 0 Å². The average Bonchev–Trinajstić information content (AvgIpc) is 2.53. The summed E-state index contributed by atoms with van der Waals surface area (Å²) in [5, 5.41) is 3.03. The van der Waals surface area contributed by atoms with E-state index >= 15 is 0 Å². The van der Waals surface area contributed by atoms with Gasteiger partial charge in [0.15, 0.2) is 0 Å². The van der Waals surface area contributed by atoms with Gasteiger partial charge in [0.2, 0.25) is 5.91 Å². The third-order valence-electron chi connectivity index (χ3n) is 4.81. The molecule has 1 aromatic carbocycles. The number of nitrogens with zero attached hydrogens (tertiary/aromatic N) is 1. The van der Waals surface area contributed by atoms with Crippen molar-refractivity contribution in [1.29, 1.82) is 0 Å². The third-order valence-corrected chi connectivity index (χ3v) is 4.81. The molecule has 0 radical (unpaired) electrons. The number of hydrogen-bond donors (Lipinski definition) is 1. The maximum Gasteiger partial charge on any atom is 0.410 e. The molecule has 0 aliphatic carbocycles. The number of carbonyl (C=O) groups excluding carboxylic acids is 2. The molecule has 0 unspecified atom stereocenters. The van der Waals surface area contributed by atoms with Crippen molar-refractivity contribution in [3.8, 4) is 0 Å². The highest BCUT2D eigenvalue weighted by molar-refractivity contribution is 5.95. The van der Waals surface area contributed by atoms with Crippen LogP contribution >= 0.6 is 0 Å². The van der Waals surface area contributed by atoms with E-state index in [1.165, 1.54) is 5.56 Å². The second-order valence-electron chi connectivity index (χ2n) is 7.76. The molecule has 24 heavy (non-hydrogen) atoms. The Kier molecular flexibility index (Phi) is 4.52. The Hall–Kier alpha value is -2.04. The first-order chi connectivity index (χ1) is 11.3. The molecule has 1 saturated heterocycles. The number of hydrogen-bond acceptors (Lipinski definition) is 3. The smallest absolute Gasteiger partial charge is 0.410 e. The number of benzene rings is 1. The van der Waals surface area contributed by atoms with Crippen molar-refractivity contribution >= 4 is 17.7 Å². The Morgan fingerprint density at radius 1 is 1.21 bits per heavy atom. The number of anilines is 1. The van der Waals surface area contributed by atoms with Crippen LogP contribution < -0.4 is 5.32 Å². The van der Waals surface area contributed by atoms with Crippen molar-refractivity contribution in [2.24, 2.45) is 11.8 Å². The van der Waals surface area contributed by atoms with Crippen LogP contribution in [0.5, 0.6) is 0 Å². The zero-order valence-corrected chi connectivity index (χ0v) is 14.7. The van der Waals surface area contributed by atoms with E-state index in [2.05, 4.69) is 11.4 Å². The first-order valence-corrected chi connectivity index (χ1v) is 8.70. The molecule has 1 aromatic rings. The number of fused-ring (bicyclic) bond motifs is 1. The van der Waals surface area contributed by atoms with Gasteiger partial charge in [-0.2, -0.15) is 0 Å². The SMILES string of the molecule is CC(C)(C)OC(=O)N1CCC([C@H]2Cc3ccccc3NC2=O)CC1. The Balaban J connectivity index is 1.59. The van der Waals surface area contributed by atoms with E-state index in [0.717, 1.165) is 24.9 Å². The third kappa shape index (κ3) is 3.71. The summed E-state index contributed by atoms with van der Waals surface area (Å²) < 4.78 is 5.43. The van der Waals surface area contributed by atoms with Gasteiger partial charge < -0.3 is 15.0 Å². The van der Waals surface area contributed by atoms with E-state index in [9.17, 15) is 9.59 Å². The maximum absolute atomic E-state index is 12.4. The number of amides is 2. The van der Waals surface area contributed by atoms with E-state index in [1.807, 2.05) is 39.0 Å². The molecular formula is C19H26N2O3. The fourth-order valence-electron chi connectivity index (χ4n) is 3.57. The molecule has 2 aliphatic rings. The average molecular weight is 330 g/mol. The largest absolute Gasteiger partial charge is 0.444 e. The van der Waals surface area contributed by atoms with Gasteiger partial charge in [-0.3, -0.25) is 4.79 Å². The Morgan fingerprint density at radius 2 is 1.88 bits per heavy atom. The van der Waals surface area contributed by atoms with E-state index in [0.29, 0.717) is 19.0 Å². The van der Waals surface area contributed by atoms with Crippen LogP contribution in [0.25, 0.3) is 0 Å². The lowest BCUT2D eigenvalue weighted by Gasteiger charge is -2.37. The molecule has 0 spiro atoms. The van der Waals surface area contributed by atoms with Gasteiger partial charge in [-0.15, -0.1) is 0 Å². The molecule has 2 amide bonds. The number of nitrogens with one attached hydrogen (secondary N) is 1. The summed E-state index contributed by atoms with van der Waals surface area (Å²) in [6.45, 7) is 6.94. The molecule has 5 heteroatoms. The number of ether oxygens (including phenoxy) is 1. The topological polar surface area (TPSA) is 58.6 Å². The fraction of sp³-hybridized carbons (Fsp3) is 0.579. The molecule has 5 nitrogen and oxygen atoms in total. The molecule has 2 heterocycles. The zero-order valence-electron chi connectivity index (χ0n) is 14.7. The van der Waals surface area contributed by atoms with E-state index in [-0.39, 0.29) is 17.9 Å². The molecule has 0 aromatic heterocycles. The predicted molar refractivity (Wildman–Crippen MR) is 92.8 cm³/mol. The van der Waals surface area contributed by atoms with Crippen molar-refractivity contribution in [1.82, 2.24) is 4.90 Å². The number of rotatable bonds is 1. The minimum absolute atomic E-state index is 0.000636. The van der Waals surface area contributed by atoms with Crippen molar-refractivity contribution in [2.45, 2.75) is 45.6 Å². The molecule has 1 fully saturated rings. The van der Waals surface area contributed by atoms with Crippen LogP contribution in [0.2, 0.25) is 0 Å². The van der Waals surface area contributed by atoms with Crippen LogP contribution in [0.15, 0.2) is 24.3 Å². The molecular weight excluding hydrogens is 304 g/mol. The maximum atomic E-state index is 12.4. The van der Waals surface area contributed by atoms with E-state index in [4.69, 9.17) is 4.74 Å². The molecule has 1 atom stereocenters. The van der Waals surface area contributed by atoms with Crippen LogP contribution in [0, 0.1) is 11.8 Å². The first kappa shape index (κ1) is 16.8. The predicted octanol–water partition coefficient (Wildman–Crippen LogP) is 3.44. The lowest BCUT2D eigenvalue weighted by molar-refractivity contribution is -0.122. The molecule has 130 valence electrons. The van der Waals surface area contributed by atoms with Gasteiger partial charge in [0.25, 0.3) is 0 Å². The monoisotopic (exact) mass is 330 g/mol. The number of carbonyl (C=O) groups is 2. The highest BCUT2D eigenvalue weighted by Gasteiger charge is 2.36. The summed E-state index contributed by atoms with van der Waals surface area (Å²) in [6, 6.07) is 7.99. The van der Waals surface area contributed by atoms with Gasteiger partial charge in [0.05, 0.1) is 0 Å². The van der Waals surface area contributed by atoms with E-state index < -0.39 is 5.60 Å². The van der Waals surface area contributed by atoms with Gasteiger partial charge in [0.1, 0.15) is 5.60 Å². The minimum atomic E-state index is -0.471. The minimum Gasteiger partial charge on any atom is -0.444 e. The molecule has 0 bridgehead atoms. The standard InChI is InChI=1S/C19H26N2O3/c1-19(2,3)24-18(23)21-10-8-13(9-11-21)15-12-14-6-4-5-7-16(14)20-17(15)22/h4-7,13,15H,8-12H2,1-3H3,(H,20,22)/t15-/m1/s1. The van der Waals surface area contributed by atoms with Crippen LogP contribution in [-0.2, 0) is 16.0 Å².